The highest BCUT2D eigenvalue weighted by Crippen LogP contribution is 2.45. The number of aliphatic hydroxyl groups is 1. The van der Waals surface area contributed by atoms with Gasteiger partial charge in [0.2, 0.25) is 11.7 Å². The van der Waals surface area contributed by atoms with Crippen LogP contribution in [0.5, 0.6) is 5.88 Å². The largest absolute Gasteiger partial charge is 0.478 e. The summed E-state index contributed by atoms with van der Waals surface area (Å²) in [5.41, 5.74) is -4.82. The van der Waals surface area contributed by atoms with Gasteiger partial charge in [-0.1, -0.05) is 0 Å². The fourth-order valence-corrected chi connectivity index (χ4v) is 3.15. The lowest BCUT2D eigenvalue weighted by atomic mass is 9.76. The van der Waals surface area contributed by atoms with Crippen molar-refractivity contribution in [1.82, 2.24) is 9.97 Å². The second-order valence-electron chi connectivity index (χ2n) is 6.10. The average molecular weight is 388 g/mol. The lowest BCUT2D eigenvalue weighted by Gasteiger charge is -2.31. The molecule has 0 bridgehead atoms. The number of pyridine rings is 1. The minimum absolute atomic E-state index is 0.0301. The molecule has 11 nitrogen and oxygen atoms in total. The van der Waals surface area contributed by atoms with Crippen LogP contribution in [-0.2, 0) is 15.2 Å². The Morgan fingerprint density at radius 1 is 1.25 bits per heavy atom. The van der Waals surface area contributed by atoms with E-state index in [2.05, 4.69) is 14.7 Å². The van der Waals surface area contributed by atoms with Crippen LogP contribution in [0.2, 0.25) is 0 Å². The number of carboxylic acids is 2. The maximum absolute atomic E-state index is 12.9. The molecular formula is C17H12N2O9. The number of aromatic nitrogens is 2. The fourth-order valence-electron chi connectivity index (χ4n) is 3.15. The van der Waals surface area contributed by atoms with E-state index in [-0.39, 0.29) is 23.3 Å². The van der Waals surface area contributed by atoms with E-state index in [0.29, 0.717) is 0 Å². The Hall–Kier alpha value is -3.86. The maximum Gasteiger partial charge on any atom is 0.352 e. The molecular weight excluding hydrogens is 376 g/mol. The number of hydrogen-bond acceptors (Lipinski definition) is 8. The first-order valence-electron chi connectivity index (χ1n) is 7.72. The quantitative estimate of drug-likeness (QED) is 0.504. The molecule has 0 radical (unpaired) electrons. The molecule has 2 aromatic rings. The zero-order valence-corrected chi connectivity index (χ0v) is 14.2. The van der Waals surface area contributed by atoms with Crippen molar-refractivity contribution in [3.05, 3.63) is 34.6 Å². The second-order valence-corrected chi connectivity index (χ2v) is 6.10. The van der Waals surface area contributed by atoms with E-state index in [1.54, 1.807) is 0 Å². The van der Waals surface area contributed by atoms with Gasteiger partial charge in [0, 0.05) is 23.6 Å². The van der Waals surface area contributed by atoms with Crippen LogP contribution in [-0.4, -0.2) is 55.3 Å². The van der Waals surface area contributed by atoms with Gasteiger partial charge in [0.1, 0.15) is 11.5 Å². The number of ether oxygens (including phenoxy) is 1. The Morgan fingerprint density at radius 3 is 2.46 bits per heavy atom. The molecule has 144 valence electrons. The number of fused-ring (bicyclic) bond motifs is 3. The molecule has 2 heterocycles. The summed E-state index contributed by atoms with van der Waals surface area (Å²) in [6.07, 6.45) is -0.748. The molecule has 4 N–H and O–H groups in total. The first-order valence-corrected chi connectivity index (χ1v) is 7.72. The summed E-state index contributed by atoms with van der Waals surface area (Å²) < 4.78 is 4.56. The van der Waals surface area contributed by atoms with Crippen molar-refractivity contribution in [3.8, 4) is 17.1 Å². The molecule has 0 fully saturated rings. The van der Waals surface area contributed by atoms with Gasteiger partial charge in [-0.05, 0) is 13.0 Å². The number of nitrogens with zero attached hydrogens (tertiary/aromatic N) is 1. The number of ketones is 2. The SMILES string of the molecule is CC(=O)CC1(O)C(=O)c2cc(C(=O)O)[nH]c2-c2c(C(=O)O)cc(OC=O)nc21. The van der Waals surface area contributed by atoms with Crippen molar-refractivity contribution >= 4 is 30.0 Å². The summed E-state index contributed by atoms with van der Waals surface area (Å²) in [7, 11) is 0. The monoisotopic (exact) mass is 388 g/mol. The van der Waals surface area contributed by atoms with Crippen LogP contribution in [0, 0.1) is 0 Å². The van der Waals surface area contributed by atoms with Crippen LogP contribution >= 0.6 is 0 Å². The third kappa shape index (κ3) is 2.74. The number of aromatic amines is 1. The van der Waals surface area contributed by atoms with E-state index in [1.807, 2.05) is 0 Å². The van der Waals surface area contributed by atoms with Gasteiger partial charge in [0.15, 0.2) is 5.60 Å². The molecule has 0 amide bonds. The number of carbonyl (C=O) groups excluding carboxylic acids is 3. The van der Waals surface area contributed by atoms with Crippen LogP contribution in [0.4, 0.5) is 0 Å². The van der Waals surface area contributed by atoms with Gasteiger partial charge in [-0.2, -0.15) is 0 Å². The number of H-pyrrole nitrogens is 1. The standard InChI is InChI=1S/C17H12N2O9/c1-6(21)4-17(27)13-11(7(15(23)24)3-10(19-13)28-5-20)12-8(14(17)22)2-9(18-12)16(25)26/h2-3,5,18,27H,4H2,1H3,(H,23,24)(H,25,26). The smallest absolute Gasteiger partial charge is 0.352 e. The Morgan fingerprint density at radius 2 is 1.93 bits per heavy atom. The first kappa shape index (κ1) is 18.9. The third-order valence-electron chi connectivity index (χ3n) is 4.21. The number of hydrogen-bond donors (Lipinski definition) is 4. The normalized spacial score (nSPS) is 17.4. The summed E-state index contributed by atoms with van der Waals surface area (Å²) in [5, 5.41) is 29.8. The van der Waals surface area contributed by atoms with E-state index in [1.165, 1.54) is 0 Å². The van der Waals surface area contributed by atoms with Crippen molar-refractivity contribution in [2.75, 3.05) is 0 Å². The molecule has 1 atom stereocenters. The van der Waals surface area contributed by atoms with Crippen molar-refractivity contribution in [1.29, 1.82) is 0 Å². The maximum atomic E-state index is 12.9. The van der Waals surface area contributed by atoms with Crippen molar-refractivity contribution in [3.63, 3.8) is 0 Å². The molecule has 0 aromatic carbocycles. The highest BCUT2D eigenvalue weighted by Gasteiger charge is 2.50. The van der Waals surface area contributed by atoms with E-state index in [9.17, 15) is 39.3 Å². The average Bonchev–Trinajstić information content (AvgIpc) is 3.04. The molecule has 1 aliphatic rings. The predicted octanol–water partition coefficient (Wildman–Crippen LogP) is 0.371. The molecule has 0 saturated carbocycles. The summed E-state index contributed by atoms with van der Waals surface area (Å²) in [6.45, 7) is 1.07. The van der Waals surface area contributed by atoms with Crippen molar-refractivity contribution in [2.45, 2.75) is 18.9 Å². The highest BCUT2D eigenvalue weighted by atomic mass is 16.5. The summed E-state index contributed by atoms with van der Waals surface area (Å²) in [5.74, 6) is -5.12. The molecule has 2 aromatic heterocycles. The zero-order valence-electron chi connectivity index (χ0n) is 14.2. The van der Waals surface area contributed by atoms with Crippen LogP contribution in [0.15, 0.2) is 12.1 Å². The topological polar surface area (TPSA) is 184 Å². The summed E-state index contributed by atoms with van der Waals surface area (Å²) >= 11 is 0. The van der Waals surface area contributed by atoms with E-state index in [4.69, 9.17) is 0 Å². The summed E-state index contributed by atoms with van der Waals surface area (Å²) in [6, 6.07) is 1.82. The lowest BCUT2D eigenvalue weighted by Crippen LogP contribution is -2.42. The highest BCUT2D eigenvalue weighted by molar-refractivity contribution is 6.15. The number of carboxylic acid groups (broad SMARTS) is 2. The second kappa shape index (κ2) is 6.39. The van der Waals surface area contributed by atoms with Gasteiger partial charge in [-0.25, -0.2) is 14.6 Å². The van der Waals surface area contributed by atoms with E-state index < -0.39 is 58.4 Å². The number of Topliss-reactive ketones (excluding diaryl/α,β-unsaturated/α-hetero) is 2. The Balaban J connectivity index is 2.45. The molecule has 0 aliphatic heterocycles. The number of carbonyl (C=O) groups is 5. The molecule has 0 saturated heterocycles. The van der Waals surface area contributed by atoms with Gasteiger partial charge in [0.25, 0.3) is 6.47 Å². The van der Waals surface area contributed by atoms with Crippen LogP contribution in [0.1, 0.15) is 50.2 Å². The molecule has 1 unspecified atom stereocenters. The van der Waals surface area contributed by atoms with Gasteiger partial charge < -0.3 is 25.0 Å². The van der Waals surface area contributed by atoms with Gasteiger partial charge in [-0.15, -0.1) is 0 Å². The Kier molecular flexibility index (Phi) is 4.32. The van der Waals surface area contributed by atoms with Crippen LogP contribution < -0.4 is 4.74 Å². The van der Waals surface area contributed by atoms with Crippen molar-refractivity contribution in [2.24, 2.45) is 0 Å². The molecule has 3 rings (SSSR count). The number of rotatable bonds is 6. The number of nitrogens with one attached hydrogen (secondary N) is 1. The van der Waals surface area contributed by atoms with Gasteiger partial charge in [0.05, 0.1) is 17.0 Å². The van der Waals surface area contributed by atoms with Crippen molar-refractivity contribution < 1.29 is 44.0 Å². The molecule has 11 heteroatoms. The fraction of sp³-hybridized carbons (Fsp3) is 0.176. The predicted molar refractivity (Wildman–Crippen MR) is 88.2 cm³/mol. The minimum atomic E-state index is -2.57. The Labute approximate surface area is 155 Å². The summed E-state index contributed by atoms with van der Waals surface area (Å²) in [4.78, 5) is 64.6. The lowest BCUT2D eigenvalue weighted by molar-refractivity contribution is -0.122. The Bertz CT molecular complexity index is 1070. The number of aromatic carboxylic acids is 2. The molecule has 0 spiro atoms. The third-order valence-corrected chi connectivity index (χ3v) is 4.21. The first-order chi connectivity index (χ1) is 13.1. The van der Waals surface area contributed by atoms with E-state index >= 15 is 0 Å². The zero-order chi connectivity index (χ0) is 20.8. The van der Waals surface area contributed by atoms with Gasteiger partial charge >= 0.3 is 11.9 Å². The molecule has 1 aliphatic carbocycles. The van der Waals surface area contributed by atoms with Crippen LogP contribution in [0.3, 0.4) is 0 Å². The van der Waals surface area contributed by atoms with Gasteiger partial charge in [-0.3, -0.25) is 14.4 Å². The minimum Gasteiger partial charge on any atom is -0.478 e. The molecule has 28 heavy (non-hydrogen) atoms. The van der Waals surface area contributed by atoms with E-state index in [0.717, 1.165) is 19.1 Å². The van der Waals surface area contributed by atoms with Crippen LogP contribution in [0.25, 0.3) is 11.3 Å².